The number of aryl methyl sites for hydroxylation is 3. The number of rotatable bonds is 5. The maximum atomic E-state index is 10.3. The van der Waals surface area contributed by atoms with Crippen molar-refractivity contribution in [2.45, 2.75) is 46.1 Å². The summed E-state index contributed by atoms with van der Waals surface area (Å²) in [5, 5.41) is 10.3. The molecule has 106 valence electrons. The van der Waals surface area contributed by atoms with E-state index in [4.69, 9.17) is 0 Å². The van der Waals surface area contributed by atoms with Gasteiger partial charge in [0.1, 0.15) is 0 Å². The molecule has 0 saturated carbocycles. The molecule has 2 aromatic rings. The van der Waals surface area contributed by atoms with Crippen LogP contribution < -0.4 is 0 Å². The van der Waals surface area contributed by atoms with Crippen molar-refractivity contribution in [3.8, 4) is 0 Å². The van der Waals surface area contributed by atoms with E-state index in [0.29, 0.717) is 12.8 Å². The second-order valence-electron chi connectivity index (χ2n) is 5.50. The molecule has 0 amide bonds. The minimum absolute atomic E-state index is 0.379. The summed E-state index contributed by atoms with van der Waals surface area (Å²) in [5.41, 5.74) is 5.90. The summed E-state index contributed by atoms with van der Waals surface area (Å²) in [7, 11) is 0. The molecule has 0 saturated heterocycles. The van der Waals surface area contributed by atoms with Crippen LogP contribution in [-0.2, 0) is 19.3 Å². The summed E-state index contributed by atoms with van der Waals surface area (Å²) >= 11 is 0. The first kappa shape index (κ1) is 14.7. The number of aliphatic hydroxyl groups excluding tert-OH is 1. The first-order chi connectivity index (χ1) is 9.58. The van der Waals surface area contributed by atoms with Gasteiger partial charge in [-0.25, -0.2) is 0 Å². The van der Waals surface area contributed by atoms with Crippen molar-refractivity contribution in [3.63, 3.8) is 0 Å². The smallest absolute Gasteiger partial charge is 0.0636 e. The van der Waals surface area contributed by atoms with Crippen molar-refractivity contribution in [1.82, 2.24) is 4.98 Å². The lowest BCUT2D eigenvalue weighted by Gasteiger charge is -2.13. The molecule has 1 unspecified atom stereocenters. The summed E-state index contributed by atoms with van der Waals surface area (Å²) < 4.78 is 0. The lowest BCUT2D eigenvalue weighted by atomic mass is 9.98. The third kappa shape index (κ3) is 3.91. The zero-order valence-corrected chi connectivity index (χ0v) is 12.6. The molecule has 0 aliphatic carbocycles. The van der Waals surface area contributed by atoms with Crippen molar-refractivity contribution in [2.75, 3.05) is 0 Å². The molecule has 0 fully saturated rings. The van der Waals surface area contributed by atoms with Crippen LogP contribution in [0.5, 0.6) is 0 Å². The van der Waals surface area contributed by atoms with Gasteiger partial charge in [0.25, 0.3) is 0 Å². The van der Waals surface area contributed by atoms with Gasteiger partial charge < -0.3 is 5.11 Å². The van der Waals surface area contributed by atoms with Gasteiger partial charge in [-0.2, -0.15) is 0 Å². The lowest BCUT2D eigenvalue weighted by molar-refractivity contribution is 0.174. The summed E-state index contributed by atoms with van der Waals surface area (Å²) in [4.78, 5) is 4.41. The SMILES string of the molecule is CCc1ccc(CC(O)Cc2cc(C)ccc2C)nc1. The quantitative estimate of drug-likeness (QED) is 0.902. The van der Waals surface area contributed by atoms with Gasteiger partial charge in [0.05, 0.1) is 6.10 Å². The van der Waals surface area contributed by atoms with Gasteiger partial charge in [-0.15, -0.1) is 0 Å². The van der Waals surface area contributed by atoms with E-state index in [1.54, 1.807) is 0 Å². The Labute approximate surface area is 121 Å². The van der Waals surface area contributed by atoms with Crippen LogP contribution >= 0.6 is 0 Å². The van der Waals surface area contributed by atoms with Crippen LogP contribution in [0.4, 0.5) is 0 Å². The molecule has 0 aliphatic rings. The highest BCUT2D eigenvalue weighted by atomic mass is 16.3. The number of nitrogens with zero attached hydrogens (tertiary/aromatic N) is 1. The molecule has 0 spiro atoms. The lowest BCUT2D eigenvalue weighted by Crippen LogP contribution is -2.15. The van der Waals surface area contributed by atoms with Crippen LogP contribution in [0.2, 0.25) is 0 Å². The Balaban J connectivity index is 2.00. The molecule has 1 aromatic heterocycles. The fourth-order valence-corrected chi connectivity index (χ4v) is 2.37. The monoisotopic (exact) mass is 269 g/mol. The van der Waals surface area contributed by atoms with Gasteiger partial charge in [-0.1, -0.05) is 36.8 Å². The van der Waals surface area contributed by atoms with Crippen LogP contribution in [0.15, 0.2) is 36.5 Å². The van der Waals surface area contributed by atoms with E-state index in [9.17, 15) is 5.11 Å². The average molecular weight is 269 g/mol. The van der Waals surface area contributed by atoms with E-state index in [0.717, 1.165) is 12.1 Å². The molecule has 2 rings (SSSR count). The van der Waals surface area contributed by atoms with Crippen LogP contribution in [0.1, 0.15) is 34.9 Å². The normalized spacial score (nSPS) is 12.4. The largest absolute Gasteiger partial charge is 0.392 e. The summed E-state index contributed by atoms with van der Waals surface area (Å²) in [6.07, 6.45) is 3.82. The molecule has 1 N–H and O–H groups in total. The predicted octanol–water partition coefficient (Wildman–Crippen LogP) is 3.41. The number of hydrogen-bond acceptors (Lipinski definition) is 2. The Morgan fingerprint density at radius 2 is 1.90 bits per heavy atom. The van der Waals surface area contributed by atoms with E-state index in [1.807, 2.05) is 12.3 Å². The minimum Gasteiger partial charge on any atom is -0.392 e. The first-order valence-corrected chi connectivity index (χ1v) is 7.26. The zero-order chi connectivity index (χ0) is 14.5. The molecule has 0 aliphatic heterocycles. The van der Waals surface area contributed by atoms with Crippen molar-refractivity contribution >= 4 is 0 Å². The second-order valence-corrected chi connectivity index (χ2v) is 5.50. The number of aromatic nitrogens is 1. The van der Waals surface area contributed by atoms with Crippen LogP contribution in [-0.4, -0.2) is 16.2 Å². The maximum absolute atomic E-state index is 10.3. The number of pyridine rings is 1. The maximum Gasteiger partial charge on any atom is 0.0636 e. The highest BCUT2D eigenvalue weighted by Crippen LogP contribution is 2.14. The molecular weight excluding hydrogens is 246 g/mol. The van der Waals surface area contributed by atoms with Crippen LogP contribution in [0.25, 0.3) is 0 Å². The van der Waals surface area contributed by atoms with E-state index in [-0.39, 0.29) is 6.10 Å². The van der Waals surface area contributed by atoms with E-state index >= 15 is 0 Å². The van der Waals surface area contributed by atoms with Gasteiger partial charge >= 0.3 is 0 Å². The second kappa shape index (κ2) is 6.67. The molecule has 0 radical (unpaired) electrons. The third-order valence-electron chi connectivity index (χ3n) is 3.70. The summed E-state index contributed by atoms with van der Waals surface area (Å²) in [5.74, 6) is 0. The van der Waals surface area contributed by atoms with Crippen LogP contribution in [0, 0.1) is 13.8 Å². The molecule has 20 heavy (non-hydrogen) atoms. The average Bonchev–Trinajstić information content (AvgIpc) is 2.43. The fourth-order valence-electron chi connectivity index (χ4n) is 2.37. The Morgan fingerprint density at radius 1 is 1.10 bits per heavy atom. The molecule has 1 heterocycles. The van der Waals surface area contributed by atoms with Crippen LogP contribution in [0.3, 0.4) is 0 Å². The first-order valence-electron chi connectivity index (χ1n) is 7.26. The molecule has 0 bridgehead atoms. The van der Waals surface area contributed by atoms with Gasteiger partial charge in [0, 0.05) is 18.3 Å². The van der Waals surface area contributed by atoms with Crippen molar-refractivity contribution in [2.24, 2.45) is 0 Å². The third-order valence-corrected chi connectivity index (χ3v) is 3.70. The van der Waals surface area contributed by atoms with Crippen molar-refractivity contribution in [3.05, 3.63) is 64.5 Å². The highest BCUT2D eigenvalue weighted by Gasteiger charge is 2.10. The fraction of sp³-hybridized carbons (Fsp3) is 0.389. The Bertz CT molecular complexity index is 560. The van der Waals surface area contributed by atoms with Gasteiger partial charge in [0.2, 0.25) is 0 Å². The van der Waals surface area contributed by atoms with E-state index in [1.165, 1.54) is 22.3 Å². The van der Waals surface area contributed by atoms with Gasteiger partial charge in [0.15, 0.2) is 0 Å². The molecular formula is C18H23NO. The van der Waals surface area contributed by atoms with E-state index in [2.05, 4.69) is 50.0 Å². The van der Waals surface area contributed by atoms with Gasteiger partial charge in [-0.3, -0.25) is 4.98 Å². The van der Waals surface area contributed by atoms with Crippen molar-refractivity contribution < 1.29 is 5.11 Å². The number of aliphatic hydroxyl groups is 1. The Morgan fingerprint density at radius 3 is 2.55 bits per heavy atom. The molecule has 2 nitrogen and oxygen atoms in total. The number of hydrogen-bond donors (Lipinski definition) is 1. The summed E-state index contributed by atoms with van der Waals surface area (Å²) in [6, 6.07) is 10.5. The number of benzene rings is 1. The Hall–Kier alpha value is -1.67. The van der Waals surface area contributed by atoms with E-state index < -0.39 is 0 Å². The predicted molar refractivity (Wildman–Crippen MR) is 82.9 cm³/mol. The minimum atomic E-state index is -0.379. The van der Waals surface area contributed by atoms with Gasteiger partial charge in [-0.05, 0) is 49.4 Å². The molecule has 1 aromatic carbocycles. The highest BCUT2D eigenvalue weighted by molar-refractivity contribution is 5.31. The molecule has 1 atom stereocenters. The standard InChI is InChI=1S/C18H23NO/c1-4-15-7-8-17(19-12-15)11-18(20)10-16-9-13(2)5-6-14(16)3/h5-9,12,18,20H,4,10-11H2,1-3H3. The van der Waals surface area contributed by atoms with Crippen molar-refractivity contribution in [1.29, 1.82) is 0 Å². The zero-order valence-electron chi connectivity index (χ0n) is 12.6. The summed E-state index contributed by atoms with van der Waals surface area (Å²) in [6.45, 7) is 6.29. The topological polar surface area (TPSA) is 33.1 Å². The molecule has 2 heteroatoms. The Kier molecular flexibility index (Phi) is 4.91.